The molecule has 1 unspecified atom stereocenters. The predicted molar refractivity (Wildman–Crippen MR) is 72.3 cm³/mol. The molecule has 0 saturated heterocycles. The fourth-order valence-corrected chi connectivity index (χ4v) is 1.78. The minimum Gasteiger partial charge on any atom is -0.392 e. The molecule has 4 heteroatoms. The quantitative estimate of drug-likeness (QED) is 0.552. The number of hydrogen-bond donors (Lipinski definition) is 1. The van der Waals surface area contributed by atoms with Crippen molar-refractivity contribution in [2.24, 2.45) is 11.1 Å². The first kappa shape index (κ1) is 15.4. The number of rotatable bonds is 7. The Kier molecular flexibility index (Phi) is 6.56. The first-order chi connectivity index (χ1) is 7.40. The number of carbonyl (C=O) groups is 1. The van der Waals surface area contributed by atoms with Crippen molar-refractivity contribution in [3.8, 4) is 0 Å². The van der Waals surface area contributed by atoms with E-state index in [1.165, 1.54) is 0 Å². The molecule has 0 rings (SSSR count). The largest absolute Gasteiger partial charge is 0.392 e. The van der Waals surface area contributed by atoms with Gasteiger partial charge in [-0.15, -0.1) is 0 Å². The first-order valence-corrected chi connectivity index (χ1v) is 6.36. The van der Waals surface area contributed by atoms with E-state index >= 15 is 0 Å². The Morgan fingerprint density at radius 2 is 1.94 bits per heavy atom. The summed E-state index contributed by atoms with van der Waals surface area (Å²) in [6.07, 6.45) is 3.99. The zero-order valence-corrected chi connectivity index (χ0v) is 11.7. The van der Waals surface area contributed by atoms with Crippen LogP contribution in [0.5, 0.6) is 0 Å². The van der Waals surface area contributed by atoms with E-state index in [2.05, 4.69) is 6.92 Å². The monoisotopic (exact) mass is 244 g/mol. The van der Waals surface area contributed by atoms with Crippen LogP contribution in [0, 0.1) is 5.41 Å². The van der Waals surface area contributed by atoms with Crippen molar-refractivity contribution >= 4 is 23.1 Å². The van der Waals surface area contributed by atoms with Gasteiger partial charge in [0.15, 0.2) is 0 Å². The third-order valence-corrected chi connectivity index (χ3v) is 3.62. The van der Waals surface area contributed by atoms with Crippen LogP contribution in [0.25, 0.3) is 0 Å². The minimum atomic E-state index is -0.684. The molecule has 94 valence electrons. The number of hydrogen-bond acceptors (Lipinski definition) is 2. The van der Waals surface area contributed by atoms with Crippen molar-refractivity contribution in [1.29, 1.82) is 0 Å². The van der Waals surface area contributed by atoms with E-state index in [9.17, 15) is 4.79 Å². The van der Waals surface area contributed by atoms with Crippen molar-refractivity contribution in [1.82, 2.24) is 4.90 Å². The van der Waals surface area contributed by atoms with Gasteiger partial charge in [0.25, 0.3) is 0 Å². The highest BCUT2D eigenvalue weighted by Gasteiger charge is 2.36. The Bertz CT molecular complexity index is 255. The Balaban J connectivity index is 4.45. The third kappa shape index (κ3) is 3.74. The molecule has 0 fully saturated rings. The molecule has 1 atom stereocenters. The zero-order valence-electron chi connectivity index (χ0n) is 10.9. The lowest BCUT2D eigenvalue weighted by atomic mass is 9.86. The molecule has 0 aromatic rings. The van der Waals surface area contributed by atoms with Crippen LogP contribution in [0.15, 0.2) is 0 Å². The van der Waals surface area contributed by atoms with Crippen LogP contribution < -0.4 is 5.73 Å². The van der Waals surface area contributed by atoms with Crippen LogP contribution >= 0.6 is 12.2 Å². The normalized spacial score (nSPS) is 14.2. The first-order valence-electron chi connectivity index (χ1n) is 5.95. The standard InChI is InChI=1S/C12H24N2OS/c1-5-7-8-9-14(4)11(15)12(3,6-2)10(13)16/h5-9H2,1-4H3,(H2,13,16). The number of carbonyl (C=O) groups excluding carboxylic acids is 1. The molecule has 0 aromatic carbocycles. The second-order valence-corrected chi connectivity index (χ2v) is 4.92. The molecule has 2 N–H and O–H groups in total. The van der Waals surface area contributed by atoms with Gasteiger partial charge in [-0.05, 0) is 19.8 Å². The molecule has 0 aromatic heterocycles. The molecule has 0 aliphatic carbocycles. The molecule has 16 heavy (non-hydrogen) atoms. The highest BCUT2D eigenvalue weighted by atomic mass is 32.1. The van der Waals surface area contributed by atoms with Gasteiger partial charge in [-0.2, -0.15) is 0 Å². The van der Waals surface area contributed by atoms with E-state index in [1.54, 1.807) is 4.90 Å². The second-order valence-electron chi connectivity index (χ2n) is 4.48. The maximum atomic E-state index is 12.2. The number of nitrogens with two attached hydrogens (primary N) is 1. The van der Waals surface area contributed by atoms with E-state index < -0.39 is 5.41 Å². The third-order valence-electron chi connectivity index (χ3n) is 3.17. The van der Waals surface area contributed by atoms with Crippen molar-refractivity contribution in [2.45, 2.75) is 46.5 Å². The van der Waals surface area contributed by atoms with Crippen molar-refractivity contribution in [3.63, 3.8) is 0 Å². The summed E-state index contributed by atoms with van der Waals surface area (Å²) < 4.78 is 0. The molecular weight excluding hydrogens is 220 g/mol. The zero-order chi connectivity index (χ0) is 12.8. The summed E-state index contributed by atoms with van der Waals surface area (Å²) in [5.74, 6) is 0.0404. The minimum absolute atomic E-state index is 0.0404. The summed E-state index contributed by atoms with van der Waals surface area (Å²) in [5.41, 5.74) is 4.97. The van der Waals surface area contributed by atoms with Gasteiger partial charge in [0.1, 0.15) is 0 Å². The van der Waals surface area contributed by atoms with Crippen LogP contribution in [-0.2, 0) is 4.79 Å². The van der Waals surface area contributed by atoms with Crippen LogP contribution in [0.3, 0.4) is 0 Å². The summed E-state index contributed by atoms with van der Waals surface area (Å²) in [6, 6.07) is 0. The van der Waals surface area contributed by atoms with Crippen LogP contribution in [0.4, 0.5) is 0 Å². The lowest BCUT2D eigenvalue weighted by Gasteiger charge is -2.30. The molecular formula is C12H24N2OS. The van der Waals surface area contributed by atoms with Gasteiger partial charge in [-0.1, -0.05) is 38.9 Å². The van der Waals surface area contributed by atoms with E-state index in [0.717, 1.165) is 25.8 Å². The van der Waals surface area contributed by atoms with Gasteiger partial charge in [0, 0.05) is 13.6 Å². The number of amides is 1. The molecule has 0 radical (unpaired) electrons. The molecule has 0 aliphatic heterocycles. The molecule has 1 amide bonds. The summed E-state index contributed by atoms with van der Waals surface area (Å²) in [7, 11) is 1.82. The van der Waals surface area contributed by atoms with E-state index in [-0.39, 0.29) is 5.91 Å². The van der Waals surface area contributed by atoms with Gasteiger partial charge < -0.3 is 10.6 Å². The molecule has 0 saturated carbocycles. The Hall–Kier alpha value is -0.640. The summed E-state index contributed by atoms with van der Waals surface area (Å²) in [6.45, 7) is 6.70. The maximum Gasteiger partial charge on any atom is 0.235 e. The number of thiocarbonyl (C=S) groups is 1. The summed E-state index contributed by atoms with van der Waals surface area (Å²) in [4.78, 5) is 14.2. The number of unbranched alkanes of at least 4 members (excludes halogenated alkanes) is 2. The molecule has 0 spiro atoms. The van der Waals surface area contributed by atoms with Gasteiger partial charge in [-0.3, -0.25) is 4.79 Å². The summed E-state index contributed by atoms with van der Waals surface area (Å²) in [5, 5.41) is 0. The average Bonchev–Trinajstić information content (AvgIpc) is 2.26. The van der Waals surface area contributed by atoms with Gasteiger partial charge in [-0.25, -0.2) is 0 Å². The van der Waals surface area contributed by atoms with Crippen LogP contribution in [-0.4, -0.2) is 29.4 Å². The SMILES string of the molecule is CCCCCN(C)C(=O)C(C)(CC)C(N)=S. The molecule has 0 heterocycles. The summed E-state index contributed by atoms with van der Waals surface area (Å²) >= 11 is 4.99. The van der Waals surface area contributed by atoms with Gasteiger partial charge >= 0.3 is 0 Å². The van der Waals surface area contributed by atoms with Gasteiger partial charge in [0.2, 0.25) is 5.91 Å². The van der Waals surface area contributed by atoms with E-state index in [0.29, 0.717) is 11.4 Å². The molecule has 3 nitrogen and oxygen atoms in total. The maximum absolute atomic E-state index is 12.2. The highest BCUT2D eigenvalue weighted by Crippen LogP contribution is 2.24. The smallest absolute Gasteiger partial charge is 0.235 e. The van der Waals surface area contributed by atoms with E-state index in [4.69, 9.17) is 18.0 Å². The lowest BCUT2D eigenvalue weighted by Crippen LogP contribution is -2.47. The van der Waals surface area contributed by atoms with Crippen molar-refractivity contribution < 1.29 is 4.79 Å². The topological polar surface area (TPSA) is 46.3 Å². The van der Waals surface area contributed by atoms with Crippen molar-refractivity contribution in [2.75, 3.05) is 13.6 Å². The fraction of sp³-hybridized carbons (Fsp3) is 0.833. The lowest BCUT2D eigenvalue weighted by molar-refractivity contribution is -0.136. The van der Waals surface area contributed by atoms with Crippen molar-refractivity contribution in [3.05, 3.63) is 0 Å². The highest BCUT2D eigenvalue weighted by molar-refractivity contribution is 7.80. The fourth-order valence-electron chi connectivity index (χ4n) is 1.55. The number of nitrogens with zero attached hydrogens (tertiary/aromatic N) is 1. The molecule has 0 bridgehead atoms. The van der Waals surface area contributed by atoms with Crippen LogP contribution in [0.1, 0.15) is 46.5 Å². The van der Waals surface area contributed by atoms with E-state index in [1.807, 2.05) is 20.9 Å². The Morgan fingerprint density at radius 3 is 2.31 bits per heavy atom. The Labute approximate surface area is 104 Å². The average molecular weight is 244 g/mol. The predicted octanol–water partition coefficient (Wildman–Crippen LogP) is 2.34. The second kappa shape index (κ2) is 6.84. The Morgan fingerprint density at radius 1 is 1.38 bits per heavy atom. The van der Waals surface area contributed by atoms with Gasteiger partial charge in [0.05, 0.1) is 10.4 Å². The molecule has 0 aliphatic rings. The van der Waals surface area contributed by atoms with Crippen LogP contribution in [0.2, 0.25) is 0 Å².